The van der Waals surface area contributed by atoms with Gasteiger partial charge in [-0.25, -0.2) is 4.79 Å². The molecule has 0 radical (unpaired) electrons. The van der Waals surface area contributed by atoms with Crippen molar-refractivity contribution in [1.82, 2.24) is 15.0 Å². The number of nitrogens with zero attached hydrogens (tertiary/aromatic N) is 4. The highest BCUT2D eigenvalue weighted by molar-refractivity contribution is 6.08. The van der Waals surface area contributed by atoms with Gasteiger partial charge in [0.25, 0.3) is 0 Å². The molecule has 0 amide bonds. The number of esters is 1. The van der Waals surface area contributed by atoms with Crippen LogP contribution in [-0.4, -0.2) is 27.6 Å². The Morgan fingerprint density at radius 3 is 2.26 bits per heavy atom. The van der Waals surface area contributed by atoms with Crippen molar-refractivity contribution in [2.45, 2.75) is 20.0 Å². The first-order chi connectivity index (χ1) is 15.2. The maximum absolute atomic E-state index is 12.6. The van der Waals surface area contributed by atoms with Crippen molar-refractivity contribution < 1.29 is 9.53 Å². The number of aromatic amines is 1. The average Bonchev–Trinajstić information content (AvgIpc) is 3.17. The first-order valence-electron chi connectivity index (χ1n) is 10.1. The van der Waals surface area contributed by atoms with Crippen LogP contribution in [0, 0.1) is 0 Å². The molecule has 7 heteroatoms. The van der Waals surface area contributed by atoms with Gasteiger partial charge in [0.1, 0.15) is 5.56 Å². The Kier molecular flexibility index (Phi) is 6.32. The number of aromatic nitrogens is 2. The number of benzene rings is 2. The van der Waals surface area contributed by atoms with Crippen molar-refractivity contribution in [3.63, 3.8) is 0 Å². The van der Waals surface area contributed by atoms with E-state index >= 15 is 0 Å². The maximum Gasteiger partial charge on any atom is 0.342 e. The lowest BCUT2D eigenvalue weighted by atomic mass is 10.2. The summed E-state index contributed by atoms with van der Waals surface area (Å²) in [4.78, 5) is 19.8. The van der Waals surface area contributed by atoms with Crippen LogP contribution in [0.3, 0.4) is 0 Å². The van der Waals surface area contributed by atoms with Gasteiger partial charge in [-0.2, -0.15) is 0 Å². The fraction of sp³-hybridized carbons (Fsp3) is 0.167. The van der Waals surface area contributed by atoms with E-state index in [1.807, 2.05) is 65.7 Å². The lowest BCUT2D eigenvalue weighted by molar-refractivity contribution is 0.0529. The summed E-state index contributed by atoms with van der Waals surface area (Å²) in [7, 11) is 0. The second kappa shape index (κ2) is 9.67. The standard InChI is InChI=1S/C24H23N5O2/c1-2-31-24(30)22-20-13-14-25-15-21(20)26-23(22)27-28-29(16-18-9-5-3-6-10-18)17-19-11-7-4-8-12-19/h3-15,26H,2,16-17H2,1H3/b28-27+. The van der Waals surface area contributed by atoms with E-state index in [4.69, 9.17) is 4.74 Å². The molecule has 0 unspecified atom stereocenters. The van der Waals surface area contributed by atoms with E-state index < -0.39 is 5.97 Å². The number of rotatable bonds is 8. The summed E-state index contributed by atoms with van der Waals surface area (Å²) in [6.45, 7) is 3.21. The lowest BCUT2D eigenvalue weighted by Crippen LogP contribution is -2.16. The predicted molar refractivity (Wildman–Crippen MR) is 119 cm³/mol. The Bertz CT molecular complexity index is 1130. The summed E-state index contributed by atoms with van der Waals surface area (Å²) in [5.41, 5.74) is 3.30. The van der Waals surface area contributed by atoms with Gasteiger partial charge in [-0.1, -0.05) is 65.9 Å². The van der Waals surface area contributed by atoms with E-state index in [0.29, 0.717) is 35.4 Å². The Hall–Kier alpha value is -4.00. The van der Waals surface area contributed by atoms with Gasteiger partial charge in [0.05, 0.1) is 31.4 Å². The topological polar surface area (TPSA) is 82.9 Å². The Morgan fingerprint density at radius 1 is 1.00 bits per heavy atom. The molecule has 156 valence electrons. The van der Waals surface area contributed by atoms with Gasteiger partial charge in [-0.05, 0) is 24.1 Å². The molecule has 2 heterocycles. The molecule has 31 heavy (non-hydrogen) atoms. The first-order valence-corrected chi connectivity index (χ1v) is 10.1. The number of hydrogen-bond donors (Lipinski definition) is 1. The van der Waals surface area contributed by atoms with Gasteiger partial charge in [-0.3, -0.25) is 9.99 Å². The van der Waals surface area contributed by atoms with Crippen molar-refractivity contribution >= 4 is 22.7 Å². The van der Waals surface area contributed by atoms with Crippen LogP contribution >= 0.6 is 0 Å². The third-order valence-electron chi connectivity index (χ3n) is 4.75. The Morgan fingerprint density at radius 2 is 1.65 bits per heavy atom. The largest absolute Gasteiger partial charge is 0.462 e. The van der Waals surface area contributed by atoms with Crippen molar-refractivity contribution in [3.8, 4) is 0 Å². The smallest absolute Gasteiger partial charge is 0.342 e. The third kappa shape index (κ3) is 4.95. The van der Waals surface area contributed by atoms with E-state index in [9.17, 15) is 4.79 Å². The van der Waals surface area contributed by atoms with Gasteiger partial charge < -0.3 is 9.72 Å². The zero-order chi connectivity index (χ0) is 21.5. The van der Waals surface area contributed by atoms with Crippen LogP contribution in [-0.2, 0) is 17.8 Å². The zero-order valence-corrected chi connectivity index (χ0v) is 17.2. The highest BCUT2D eigenvalue weighted by Gasteiger charge is 2.20. The number of hydrogen-bond acceptors (Lipinski definition) is 5. The van der Waals surface area contributed by atoms with E-state index in [1.54, 1.807) is 25.4 Å². The summed E-state index contributed by atoms with van der Waals surface area (Å²) in [6, 6.07) is 21.9. The van der Waals surface area contributed by atoms with Crippen LogP contribution < -0.4 is 0 Å². The summed E-state index contributed by atoms with van der Waals surface area (Å²) in [5, 5.41) is 11.5. The molecule has 0 saturated heterocycles. The molecule has 0 aliphatic carbocycles. The normalized spacial score (nSPS) is 11.1. The molecule has 1 N–H and O–H groups in total. The van der Waals surface area contributed by atoms with Gasteiger partial charge in [0, 0.05) is 11.6 Å². The fourth-order valence-electron chi connectivity index (χ4n) is 3.33. The number of ether oxygens (including phenoxy) is 1. The summed E-state index contributed by atoms with van der Waals surface area (Å²) in [5.74, 6) is -0.0841. The minimum Gasteiger partial charge on any atom is -0.462 e. The van der Waals surface area contributed by atoms with Gasteiger partial charge >= 0.3 is 5.97 Å². The van der Waals surface area contributed by atoms with Crippen LogP contribution in [0.1, 0.15) is 28.4 Å². The molecule has 0 saturated carbocycles. The summed E-state index contributed by atoms with van der Waals surface area (Å²) in [6.07, 6.45) is 3.29. The quantitative estimate of drug-likeness (QED) is 0.237. The van der Waals surface area contributed by atoms with E-state index in [2.05, 4.69) is 20.3 Å². The van der Waals surface area contributed by atoms with Crippen molar-refractivity contribution in [2.24, 2.45) is 10.3 Å². The summed E-state index contributed by atoms with van der Waals surface area (Å²) < 4.78 is 5.24. The second-order valence-electron chi connectivity index (χ2n) is 6.97. The highest BCUT2D eigenvalue weighted by Crippen LogP contribution is 2.29. The van der Waals surface area contributed by atoms with Gasteiger partial charge in [-0.15, -0.1) is 5.11 Å². The van der Waals surface area contributed by atoms with Crippen LogP contribution in [0.2, 0.25) is 0 Å². The highest BCUT2D eigenvalue weighted by atomic mass is 16.5. The monoisotopic (exact) mass is 413 g/mol. The number of fused-ring (bicyclic) bond motifs is 1. The minimum absolute atomic E-state index is 0.279. The number of H-pyrrole nitrogens is 1. The molecule has 7 nitrogen and oxygen atoms in total. The molecule has 2 aromatic heterocycles. The van der Waals surface area contributed by atoms with E-state index in [-0.39, 0.29) is 6.61 Å². The lowest BCUT2D eigenvalue weighted by Gasteiger charge is -2.18. The van der Waals surface area contributed by atoms with Crippen LogP contribution in [0.25, 0.3) is 10.9 Å². The van der Waals surface area contributed by atoms with Gasteiger partial charge in [0.2, 0.25) is 0 Å². The Balaban J connectivity index is 1.67. The molecule has 4 aromatic rings. The number of nitrogens with one attached hydrogen (secondary N) is 1. The maximum atomic E-state index is 12.6. The van der Waals surface area contributed by atoms with Gasteiger partial charge in [0.15, 0.2) is 5.82 Å². The molecule has 0 fully saturated rings. The molecular weight excluding hydrogens is 390 g/mol. The Labute approximate surface area is 180 Å². The van der Waals surface area contributed by atoms with E-state index in [1.165, 1.54) is 0 Å². The molecule has 4 rings (SSSR count). The van der Waals surface area contributed by atoms with Crippen LogP contribution in [0.4, 0.5) is 5.82 Å². The molecule has 0 bridgehead atoms. The van der Waals surface area contributed by atoms with Crippen molar-refractivity contribution in [2.75, 3.05) is 6.61 Å². The van der Waals surface area contributed by atoms with Crippen LogP contribution in [0.5, 0.6) is 0 Å². The number of carbonyl (C=O) groups excluding carboxylic acids is 1. The number of pyridine rings is 1. The van der Waals surface area contributed by atoms with Crippen molar-refractivity contribution in [1.29, 1.82) is 0 Å². The second-order valence-corrected chi connectivity index (χ2v) is 6.97. The molecule has 0 aliphatic rings. The first kappa shape index (κ1) is 20.3. The fourth-order valence-corrected chi connectivity index (χ4v) is 3.33. The molecule has 0 aliphatic heterocycles. The minimum atomic E-state index is -0.438. The number of carbonyl (C=O) groups is 1. The van der Waals surface area contributed by atoms with Crippen LogP contribution in [0.15, 0.2) is 89.5 Å². The molecule has 0 atom stereocenters. The van der Waals surface area contributed by atoms with Crippen molar-refractivity contribution in [3.05, 3.63) is 95.8 Å². The molecule has 0 spiro atoms. The SMILES string of the molecule is CCOC(=O)c1c(/N=N/N(Cc2ccccc2)Cc2ccccc2)[nH]c2cnccc12. The zero-order valence-electron chi connectivity index (χ0n) is 17.2. The molecular formula is C24H23N5O2. The van der Waals surface area contributed by atoms with E-state index in [0.717, 1.165) is 11.1 Å². The predicted octanol–water partition coefficient (Wildman–Crippen LogP) is 5.44. The third-order valence-corrected chi connectivity index (χ3v) is 4.75. The average molecular weight is 413 g/mol. The molecule has 2 aromatic carbocycles. The summed E-state index contributed by atoms with van der Waals surface area (Å²) >= 11 is 0.